The summed E-state index contributed by atoms with van der Waals surface area (Å²) < 4.78 is 46.0. The van der Waals surface area contributed by atoms with Crippen molar-refractivity contribution in [2.45, 2.75) is 11.4 Å². The van der Waals surface area contributed by atoms with Crippen molar-refractivity contribution in [2.24, 2.45) is 0 Å². The first-order valence-electron chi connectivity index (χ1n) is 6.40. The number of nitrogens with zero attached hydrogens (tertiary/aromatic N) is 2. The third-order valence-electron chi connectivity index (χ3n) is 2.90. The minimum absolute atomic E-state index is 0.144. The number of methoxy groups -OCH3 is 1. The van der Waals surface area contributed by atoms with Gasteiger partial charge >= 0.3 is 5.97 Å². The number of benzene rings is 1. The van der Waals surface area contributed by atoms with Crippen LogP contribution in [0.1, 0.15) is 10.4 Å². The standard InChI is InChI=1S/C13H14FN3O5S/c1-22-5-4-17-8-10(7-15-17)23(20,21)16-12-3-2-9(14)6-11(12)13(18)19/h2-3,6-8,16H,4-5H2,1H3,(H,18,19). The number of ether oxygens (including phenoxy) is 1. The van der Waals surface area contributed by atoms with Crippen LogP contribution in [-0.4, -0.2) is 43.0 Å². The molecule has 2 N–H and O–H groups in total. The molecule has 0 aliphatic heterocycles. The molecule has 0 saturated carbocycles. The molecular weight excluding hydrogens is 329 g/mol. The maximum Gasteiger partial charge on any atom is 0.337 e. The Kier molecular flexibility index (Phi) is 4.96. The maximum absolute atomic E-state index is 13.1. The summed E-state index contributed by atoms with van der Waals surface area (Å²) >= 11 is 0. The number of sulfonamides is 1. The normalized spacial score (nSPS) is 11.4. The molecule has 0 radical (unpaired) electrons. The lowest BCUT2D eigenvalue weighted by Gasteiger charge is -2.09. The predicted molar refractivity (Wildman–Crippen MR) is 78.3 cm³/mol. The monoisotopic (exact) mass is 343 g/mol. The molecule has 23 heavy (non-hydrogen) atoms. The van der Waals surface area contributed by atoms with Gasteiger partial charge in [0.15, 0.2) is 0 Å². The summed E-state index contributed by atoms with van der Waals surface area (Å²) in [6, 6.07) is 2.75. The van der Waals surface area contributed by atoms with Gasteiger partial charge in [-0.3, -0.25) is 9.40 Å². The number of carbonyl (C=O) groups is 1. The fourth-order valence-electron chi connectivity index (χ4n) is 1.78. The second-order valence-corrected chi connectivity index (χ2v) is 6.21. The number of hydrogen-bond acceptors (Lipinski definition) is 5. The van der Waals surface area contributed by atoms with Gasteiger partial charge in [0, 0.05) is 13.3 Å². The molecule has 0 amide bonds. The molecule has 1 aromatic heterocycles. The molecule has 0 spiro atoms. The molecule has 0 aliphatic rings. The van der Waals surface area contributed by atoms with Crippen LogP contribution in [0.5, 0.6) is 0 Å². The highest BCUT2D eigenvalue weighted by Crippen LogP contribution is 2.21. The topological polar surface area (TPSA) is 111 Å². The van der Waals surface area contributed by atoms with Gasteiger partial charge in [-0.1, -0.05) is 0 Å². The van der Waals surface area contributed by atoms with E-state index in [2.05, 4.69) is 9.82 Å². The van der Waals surface area contributed by atoms with Gasteiger partial charge in [0.1, 0.15) is 10.7 Å². The van der Waals surface area contributed by atoms with E-state index >= 15 is 0 Å². The van der Waals surface area contributed by atoms with E-state index in [9.17, 15) is 17.6 Å². The van der Waals surface area contributed by atoms with Crippen LogP contribution in [0.25, 0.3) is 0 Å². The van der Waals surface area contributed by atoms with E-state index in [1.54, 1.807) is 0 Å². The number of carboxylic acids is 1. The van der Waals surface area contributed by atoms with E-state index in [4.69, 9.17) is 9.84 Å². The Morgan fingerprint density at radius 3 is 2.87 bits per heavy atom. The molecule has 0 saturated heterocycles. The summed E-state index contributed by atoms with van der Waals surface area (Å²) in [5, 5.41) is 12.9. The molecule has 124 valence electrons. The average Bonchev–Trinajstić information content (AvgIpc) is 2.96. The van der Waals surface area contributed by atoms with Crippen LogP contribution in [0.15, 0.2) is 35.5 Å². The van der Waals surface area contributed by atoms with Crippen molar-refractivity contribution in [3.63, 3.8) is 0 Å². The molecule has 1 aromatic carbocycles. The molecule has 1 heterocycles. The Hall–Kier alpha value is -2.46. The van der Waals surface area contributed by atoms with Crippen molar-refractivity contribution < 1.29 is 27.4 Å². The average molecular weight is 343 g/mol. The van der Waals surface area contributed by atoms with Gasteiger partial charge in [-0.2, -0.15) is 5.10 Å². The first kappa shape index (κ1) is 16.9. The first-order valence-corrected chi connectivity index (χ1v) is 7.89. The second-order valence-electron chi connectivity index (χ2n) is 4.53. The summed E-state index contributed by atoms with van der Waals surface area (Å²) in [4.78, 5) is 10.9. The molecule has 8 nitrogen and oxygen atoms in total. The number of anilines is 1. The molecule has 0 aliphatic carbocycles. The number of aromatic carboxylic acids is 1. The van der Waals surface area contributed by atoms with Crippen molar-refractivity contribution in [1.82, 2.24) is 9.78 Å². The molecular formula is C13H14FN3O5S. The van der Waals surface area contributed by atoms with Crippen molar-refractivity contribution in [3.8, 4) is 0 Å². The maximum atomic E-state index is 13.1. The van der Waals surface area contributed by atoms with E-state index in [0.29, 0.717) is 13.2 Å². The molecule has 2 rings (SSSR count). The number of carboxylic acid groups (broad SMARTS) is 1. The predicted octanol–water partition coefficient (Wildman–Crippen LogP) is 1.17. The number of halogens is 1. The van der Waals surface area contributed by atoms with E-state index in [1.807, 2.05) is 0 Å². The highest BCUT2D eigenvalue weighted by molar-refractivity contribution is 7.92. The van der Waals surface area contributed by atoms with E-state index in [0.717, 1.165) is 24.4 Å². The summed E-state index contributed by atoms with van der Waals surface area (Å²) in [5.74, 6) is -2.23. The van der Waals surface area contributed by atoms with Crippen LogP contribution in [-0.2, 0) is 21.3 Å². The molecule has 0 atom stereocenters. The van der Waals surface area contributed by atoms with Crippen LogP contribution in [0.3, 0.4) is 0 Å². The number of rotatable bonds is 7. The Morgan fingerprint density at radius 2 is 2.22 bits per heavy atom. The van der Waals surface area contributed by atoms with Crippen molar-refractivity contribution in [1.29, 1.82) is 0 Å². The lowest BCUT2D eigenvalue weighted by molar-refractivity contribution is 0.0697. The Bertz CT molecular complexity index is 819. The molecule has 0 bridgehead atoms. The molecule has 0 fully saturated rings. The molecule has 10 heteroatoms. The van der Waals surface area contributed by atoms with Gasteiger partial charge in [0.25, 0.3) is 10.0 Å². The third-order valence-corrected chi connectivity index (χ3v) is 4.22. The number of aromatic nitrogens is 2. The SMILES string of the molecule is COCCn1cc(S(=O)(=O)Nc2ccc(F)cc2C(=O)O)cn1. The van der Waals surface area contributed by atoms with Gasteiger partial charge in [0.2, 0.25) is 0 Å². The Balaban J connectivity index is 2.28. The first-order chi connectivity index (χ1) is 10.8. The number of hydrogen-bond donors (Lipinski definition) is 2. The Morgan fingerprint density at radius 1 is 1.48 bits per heavy atom. The third kappa shape index (κ3) is 4.05. The minimum Gasteiger partial charge on any atom is -0.478 e. The molecule has 0 unspecified atom stereocenters. The minimum atomic E-state index is -4.05. The zero-order valence-corrected chi connectivity index (χ0v) is 12.9. The smallest absolute Gasteiger partial charge is 0.337 e. The van der Waals surface area contributed by atoms with Crippen LogP contribution < -0.4 is 4.72 Å². The van der Waals surface area contributed by atoms with Gasteiger partial charge in [-0.05, 0) is 18.2 Å². The number of nitrogens with one attached hydrogen (secondary N) is 1. The highest BCUT2D eigenvalue weighted by atomic mass is 32.2. The summed E-state index contributed by atoms with van der Waals surface area (Å²) in [7, 11) is -2.54. The fraction of sp³-hybridized carbons (Fsp3) is 0.231. The van der Waals surface area contributed by atoms with Gasteiger partial charge < -0.3 is 9.84 Å². The van der Waals surface area contributed by atoms with Crippen LogP contribution in [0, 0.1) is 5.82 Å². The van der Waals surface area contributed by atoms with Crippen molar-refractivity contribution >= 4 is 21.7 Å². The van der Waals surface area contributed by atoms with Gasteiger partial charge in [-0.15, -0.1) is 0 Å². The Labute approximate surface area is 131 Å². The van der Waals surface area contributed by atoms with E-state index in [1.165, 1.54) is 18.0 Å². The zero-order chi connectivity index (χ0) is 17.0. The van der Waals surface area contributed by atoms with E-state index < -0.39 is 27.4 Å². The summed E-state index contributed by atoms with van der Waals surface area (Å²) in [6.07, 6.45) is 2.41. The summed E-state index contributed by atoms with van der Waals surface area (Å²) in [5.41, 5.74) is -0.719. The van der Waals surface area contributed by atoms with Crippen molar-refractivity contribution in [3.05, 3.63) is 42.0 Å². The fourth-order valence-corrected chi connectivity index (χ4v) is 2.81. The van der Waals surface area contributed by atoms with Crippen molar-refractivity contribution in [2.75, 3.05) is 18.4 Å². The largest absolute Gasteiger partial charge is 0.478 e. The van der Waals surface area contributed by atoms with E-state index in [-0.39, 0.29) is 10.6 Å². The van der Waals surface area contributed by atoms with Gasteiger partial charge in [0.05, 0.1) is 30.6 Å². The lowest BCUT2D eigenvalue weighted by atomic mass is 10.2. The van der Waals surface area contributed by atoms with Gasteiger partial charge in [-0.25, -0.2) is 17.6 Å². The zero-order valence-electron chi connectivity index (χ0n) is 12.1. The second kappa shape index (κ2) is 6.75. The van der Waals surface area contributed by atoms with Crippen LogP contribution >= 0.6 is 0 Å². The highest BCUT2D eigenvalue weighted by Gasteiger charge is 2.20. The van der Waals surface area contributed by atoms with Crippen LogP contribution in [0.2, 0.25) is 0 Å². The quantitative estimate of drug-likeness (QED) is 0.781. The lowest BCUT2D eigenvalue weighted by Crippen LogP contribution is -2.15. The summed E-state index contributed by atoms with van der Waals surface area (Å²) in [6.45, 7) is 0.721. The molecule has 2 aromatic rings. The van der Waals surface area contributed by atoms with Crippen LogP contribution in [0.4, 0.5) is 10.1 Å².